The van der Waals surface area contributed by atoms with E-state index >= 15 is 0 Å². The van der Waals surface area contributed by atoms with E-state index in [1.165, 1.54) is 12.1 Å². The van der Waals surface area contributed by atoms with E-state index < -0.39 is 17.3 Å². The molecule has 1 heterocycles. The summed E-state index contributed by atoms with van der Waals surface area (Å²) in [5, 5.41) is 3.44. The Hall–Kier alpha value is -2.66. The van der Waals surface area contributed by atoms with Crippen molar-refractivity contribution in [1.29, 1.82) is 0 Å². The van der Waals surface area contributed by atoms with Gasteiger partial charge in [0.15, 0.2) is 0 Å². The van der Waals surface area contributed by atoms with Crippen molar-refractivity contribution >= 4 is 34.2 Å². The largest absolute Gasteiger partial charge is 0.423 e. The number of carbonyl (C=O) groups is 1. The Morgan fingerprint density at radius 3 is 2.70 bits per heavy atom. The van der Waals surface area contributed by atoms with Crippen LogP contribution < -0.4 is 10.9 Å². The molecule has 0 fully saturated rings. The summed E-state index contributed by atoms with van der Waals surface area (Å²) in [6.07, 6.45) is 0. The van der Waals surface area contributed by atoms with Crippen LogP contribution in [0.4, 0.5) is 10.1 Å². The number of aryl methyl sites for hydroxylation is 1. The molecule has 3 rings (SSSR count). The van der Waals surface area contributed by atoms with Gasteiger partial charge < -0.3 is 9.73 Å². The van der Waals surface area contributed by atoms with Gasteiger partial charge in [0.1, 0.15) is 11.4 Å². The molecule has 0 aliphatic carbocycles. The average Bonchev–Trinajstić information content (AvgIpc) is 2.46. The van der Waals surface area contributed by atoms with Gasteiger partial charge in [-0.3, -0.25) is 4.79 Å². The fourth-order valence-electron chi connectivity index (χ4n) is 2.27. The summed E-state index contributed by atoms with van der Waals surface area (Å²) in [4.78, 5) is 23.6. The molecule has 2 aromatic carbocycles. The number of rotatable bonds is 2. The van der Waals surface area contributed by atoms with Gasteiger partial charge in [-0.25, -0.2) is 9.18 Å². The molecule has 3 aromatic rings. The number of fused-ring (bicyclic) bond motifs is 1. The van der Waals surface area contributed by atoms with E-state index in [4.69, 9.17) is 16.0 Å². The molecule has 0 bridgehead atoms. The Kier molecular flexibility index (Phi) is 3.88. The first kappa shape index (κ1) is 15.2. The van der Waals surface area contributed by atoms with Crippen molar-refractivity contribution in [1.82, 2.24) is 0 Å². The van der Waals surface area contributed by atoms with Crippen LogP contribution in [0, 0.1) is 12.7 Å². The van der Waals surface area contributed by atoms with E-state index in [2.05, 4.69) is 5.32 Å². The highest BCUT2D eigenvalue weighted by Gasteiger charge is 2.12. The van der Waals surface area contributed by atoms with Crippen LogP contribution in [0.3, 0.4) is 0 Å². The van der Waals surface area contributed by atoms with E-state index in [-0.39, 0.29) is 10.6 Å². The van der Waals surface area contributed by atoms with Crippen LogP contribution in [0.5, 0.6) is 0 Å². The van der Waals surface area contributed by atoms with Crippen molar-refractivity contribution in [2.75, 3.05) is 5.32 Å². The zero-order chi connectivity index (χ0) is 16.6. The topological polar surface area (TPSA) is 59.3 Å². The summed E-state index contributed by atoms with van der Waals surface area (Å²) < 4.78 is 18.2. The van der Waals surface area contributed by atoms with E-state index in [0.717, 1.165) is 23.1 Å². The zero-order valence-corrected chi connectivity index (χ0v) is 12.8. The Morgan fingerprint density at radius 2 is 1.96 bits per heavy atom. The lowest BCUT2D eigenvalue weighted by Gasteiger charge is -2.08. The second kappa shape index (κ2) is 5.85. The van der Waals surface area contributed by atoms with Crippen LogP contribution in [0.1, 0.15) is 15.9 Å². The minimum Gasteiger partial charge on any atom is -0.423 e. The van der Waals surface area contributed by atoms with Crippen molar-refractivity contribution in [3.05, 3.63) is 74.9 Å². The van der Waals surface area contributed by atoms with Gasteiger partial charge in [-0.05, 0) is 42.8 Å². The van der Waals surface area contributed by atoms with E-state index in [1.807, 2.05) is 0 Å². The molecule has 0 atom stereocenters. The lowest BCUT2D eigenvalue weighted by Crippen LogP contribution is -2.12. The molecule has 0 spiro atoms. The van der Waals surface area contributed by atoms with Crippen molar-refractivity contribution in [3.63, 3.8) is 0 Å². The van der Waals surface area contributed by atoms with Gasteiger partial charge in [-0.1, -0.05) is 11.6 Å². The Balaban J connectivity index is 1.95. The van der Waals surface area contributed by atoms with Crippen LogP contribution >= 0.6 is 11.6 Å². The summed E-state index contributed by atoms with van der Waals surface area (Å²) >= 11 is 5.87. The van der Waals surface area contributed by atoms with E-state index in [1.54, 1.807) is 25.1 Å². The number of hydrogen-bond acceptors (Lipinski definition) is 3. The number of halogens is 2. The number of benzene rings is 2. The van der Waals surface area contributed by atoms with Crippen LogP contribution in [0.15, 0.2) is 51.7 Å². The first-order chi connectivity index (χ1) is 10.9. The summed E-state index contributed by atoms with van der Waals surface area (Å²) in [5.74, 6) is -1.00. The molecule has 0 aliphatic rings. The molecular formula is C17H11ClFNO3. The highest BCUT2D eigenvalue weighted by Crippen LogP contribution is 2.23. The van der Waals surface area contributed by atoms with Crippen molar-refractivity contribution in [2.45, 2.75) is 6.92 Å². The number of carbonyl (C=O) groups excluding carboxylic acids is 1. The monoisotopic (exact) mass is 331 g/mol. The van der Waals surface area contributed by atoms with Crippen LogP contribution in [-0.4, -0.2) is 5.91 Å². The first-order valence-corrected chi connectivity index (χ1v) is 7.13. The molecule has 0 saturated heterocycles. The van der Waals surface area contributed by atoms with Gasteiger partial charge in [-0.2, -0.15) is 0 Å². The predicted molar refractivity (Wildman–Crippen MR) is 86.6 cm³/mol. The molecule has 1 amide bonds. The molecule has 1 aromatic heterocycles. The van der Waals surface area contributed by atoms with Gasteiger partial charge >= 0.3 is 5.63 Å². The van der Waals surface area contributed by atoms with Crippen LogP contribution in [0.25, 0.3) is 11.0 Å². The minimum absolute atomic E-state index is 0.0191. The lowest BCUT2D eigenvalue weighted by atomic mass is 10.1. The molecule has 0 unspecified atom stereocenters. The van der Waals surface area contributed by atoms with Gasteiger partial charge in [-0.15, -0.1) is 0 Å². The Labute approximate surface area is 135 Å². The van der Waals surface area contributed by atoms with E-state index in [9.17, 15) is 14.0 Å². The maximum Gasteiger partial charge on any atom is 0.336 e. The second-order valence-corrected chi connectivity index (χ2v) is 5.44. The summed E-state index contributed by atoms with van der Waals surface area (Å²) in [7, 11) is 0. The standard InChI is InChI=1S/C17H11ClFNO3/c1-9-6-16(21)23-15-8-11(3-5-12(9)15)20-17(22)13-4-2-10(19)7-14(13)18/h2-8H,1H3,(H,20,22). The maximum atomic E-state index is 13.0. The smallest absolute Gasteiger partial charge is 0.336 e. The fourth-order valence-corrected chi connectivity index (χ4v) is 2.53. The molecule has 4 nitrogen and oxygen atoms in total. The van der Waals surface area contributed by atoms with Gasteiger partial charge in [0.2, 0.25) is 0 Å². The first-order valence-electron chi connectivity index (χ1n) is 6.75. The Bertz CT molecular complexity index is 981. The number of nitrogens with one attached hydrogen (secondary N) is 1. The average molecular weight is 332 g/mol. The SMILES string of the molecule is Cc1cc(=O)oc2cc(NC(=O)c3ccc(F)cc3Cl)ccc12. The Morgan fingerprint density at radius 1 is 1.17 bits per heavy atom. The predicted octanol–water partition coefficient (Wildman–Crippen LogP) is 4.15. The second-order valence-electron chi connectivity index (χ2n) is 5.04. The highest BCUT2D eigenvalue weighted by molar-refractivity contribution is 6.34. The summed E-state index contributed by atoms with van der Waals surface area (Å²) in [6, 6.07) is 9.92. The molecule has 1 N–H and O–H groups in total. The fraction of sp³-hybridized carbons (Fsp3) is 0.0588. The normalized spacial score (nSPS) is 10.7. The maximum absolute atomic E-state index is 13.0. The zero-order valence-electron chi connectivity index (χ0n) is 12.0. The highest BCUT2D eigenvalue weighted by atomic mass is 35.5. The van der Waals surface area contributed by atoms with E-state index in [0.29, 0.717) is 11.3 Å². The summed E-state index contributed by atoms with van der Waals surface area (Å²) in [5.41, 5.74) is 1.30. The molecule has 0 aliphatic heterocycles. The molecule has 23 heavy (non-hydrogen) atoms. The number of hydrogen-bond donors (Lipinski definition) is 1. The molecule has 0 saturated carbocycles. The third-order valence-corrected chi connectivity index (χ3v) is 3.70. The van der Waals surface area contributed by atoms with Gasteiger partial charge in [0.25, 0.3) is 5.91 Å². The van der Waals surface area contributed by atoms with Crippen LogP contribution in [-0.2, 0) is 0 Å². The molecule has 0 radical (unpaired) electrons. The third-order valence-electron chi connectivity index (χ3n) is 3.38. The molecular weight excluding hydrogens is 321 g/mol. The molecule has 6 heteroatoms. The van der Waals surface area contributed by atoms with Gasteiger partial charge in [0, 0.05) is 23.2 Å². The van der Waals surface area contributed by atoms with Crippen LogP contribution in [0.2, 0.25) is 5.02 Å². The van der Waals surface area contributed by atoms with Gasteiger partial charge in [0.05, 0.1) is 10.6 Å². The molecule has 116 valence electrons. The van der Waals surface area contributed by atoms with Crippen molar-refractivity contribution < 1.29 is 13.6 Å². The number of anilines is 1. The number of amides is 1. The van der Waals surface area contributed by atoms with Crippen molar-refractivity contribution in [3.8, 4) is 0 Å². The minimum atomic E-state index is -0.519. The lowest BCUT2D eigenvalue weighted by molar-refractivity contribution is 0.102. The van der Waals surface area contributed by atoms with Crippen molar-refractivity contribution in [2.24, 2.45) is 0 Å². The third kappa shape index (κ3) is 3.10. The summed E-state index contributed by atoms with van der Waals surface area (Å²) in [6.45, 7) is 1.80. The quantitative estimate of drug-likeness (QED) is 0.718.